The van der Waals surface area contributed by atoms with E-state index in [0.717, 1.165) is 0 Å². The van der Waals surface area contributed by atoms with E-state index in [9.17, 15) is 4.57 Å². The molecule has 0 saturated heterocycles. The van der Waals surface area contributed by atoms with Crippen LogP contribution < -0.4 is 9.05 Å². The molecule has 2 aromatic rings. The predicted octanol–water partition coefficient (Wildman–Crippen LogP) is 3.24. The van der Waals surface area contributed by atoms with E-state index < -0.39 is 8.25 Å². The second-order valence-corrected chi connectivity index (χ2v) is 4.17. The first kappa shape index (κ1) is 11.6. The molecule has 1 N–H and O–H groups in total. The number of aromatic hydroxyl groups is 1. The van der Waals surface area contributed by atoms with Crippen LogP contribution in [0.5, 0.6) is 17.2 Å². The molecule has 17 heavy (non-hydrogen) atoms. The summed E-state index contributed by atoms with van der Waals surface area (Å²) in [4.78, 5) is 0. The van der Waals surface area contributed by atoms with Gasteiger partial charge in [-0.25, -0.2) is 4.57 Å². The normalized spacial score (nSPS) is 11.8. The second-order valence-electron chi connectivity index (χ2n) is 3.26. The van der Waals surface area contributed by atoms with Gasteiger partial charge in [-0.05, 0) is 36.4 Å². The van der Waals surface area contributed by atoms with Crippen LogP contribution in [0.2, 0.25) is 0 Å². The van der Waals surface area contributed by atoms with Gasteiger partial charge < -0.3 is 14.2 Å². The van der Waals surface area contributed by atoms with Crippen molar-refractivity contribution in [3.8, 4) is 17.2 Å². The maximum Gasteiger partial charge on any atom is 0.418 e. The summed E-state index contributed by atoms with van der Waals surface area (Å²) in [7, 11) is -2.64. The molecule has 0 spiro atoms. The summed E-state index contributed by atoms with van der Waals surface area (Å²) in [6.07, 6.45) is 0. The average molecular weight is 250 g/mol. The molecule has 0 bridgehead atoms. The van der Waals surface area contributed by atoms with E-state index >= 15 is 0 Å². The largest absolute Gasteiger partial charge is 0.508 e. The number of para-hydroxylation sites is 1. The zero-order valence-electron chi connectivity index (χ0n) is 8.87. The van der Waals surface area contributed by atoms with Crippen molar-refractivity contribution >= 4 is 8.25 Å². The van der Waals surface area contributed by atoms with Crippen LogP contribution in [0.4, 0.5) is 0 Å². The molecule has 0 aliphatic rings. The van der Waals surface area contributed by atoms with E-state index in [1.165, 1.54) is 24.3 Å². The van der Waals surface area contributed by atoms with Gasteiger partial charge >= 0.3 is 8.25 Å². The number of hydrogen-bond acceptors (Lipinski definition) is 4. The van der Waals surface area contributed by atoms with Gasteiger partial charge in [-0.15, -0.1) is 0 Å². The predicted molar refractivity (Wildman–Crippen MR) is 64.8 cm³/mol. The van der Waals surface area contributed by atoms with Crippen molar-refractivity contribution < 1.29 is 18.7 Å². The zero-order valence-corrected chi connectivity index (χ0v) is 9.87. The Kier molecular flexibility index (Phi) is 3.68. The van der Waals surface area contributed by atoms with Crippen molar-refractivity contribution in [1.82, 2.24) is 0 Å². The molecule has 88 valence electrons. The summed E-state index contributed by atoms with van der Waals surface area (Å²) >= 11 is 0. The maximum absolute atomic E-state index is 11.5. The number of hydrogen-bond donors (Lipinski definition) is 1. The van der Waals surface area contributed by atoms with Gasteiger partial charge in [0.2, 0.25) is 0 Å². The Hall–Kier alpha value is -1.93. The minimum atomic E-state index is -2.64. The standard InChI is InChI=1S/C12H11O4P/c13-10-6-8-12(9-7-10)16-17(14)15-11-4-2-1-3-5-11/h1-9,13,17H. The van der Waals surface area contributed by atoms with Crippen LogP contribution in [0.1, 0.15) is 0 Å². The van der Waals surface area contributed by atoms with Crippen molar-refractivity contribution in [1.29, 1.82) is 0 Å². The van der Waals surface area contributed by atoms with Crippen LogP contribution in [0.15, 0.2) is 54.6 Å². The van der Waals surface area contributed by atoms with Crippen molar-refractivity contribution in [3.63, 3.8) is 0 Å². The van der Waals surface area contributed by atoms with Gasteiger partial charge in [0.1, 0.15) is 17.2 Å². The molecule has 0 heterocycles. The molecule has 4 nitrogen and oxygen atoms in total. The summed E-state index contributed by atoms with van der Waals surface area (Å²) in [6, 6.07) is 14.7. The van der Waals surface area contributed by atoms with Crippen LogP contribution >= 0.6 is 8.25 Å². The van der Waals surface area contributed by atoms with Gasteiger partial charge in [0.05, 0.1) is 0 Å². The topological polar surface area (TPSA) is 55.8 Å². The first-order valence-electron chi connectivity index (χ1n) is 4.98. The molecule has 0 aliphatic heterocycles. The number of rotatable bonds is 4. The smallest absolute Gasteiger partial charge is 0.418 e. The molecule has 5 heteroatoms. The molecule has 0 saturated carbocycles. The lowest BCUT2D eigenvalue weighted by molar-refractivity contribution is 0.414. The third-order valence-electron chi connectivity index (χ3n) is 1.98. The van der Waals surface area contributed by atoms with Gasteiger partial charge in [0.25, 0.3) is 0 Å². The van der Waals surface area contributed by atoms with Crippen LogP contribution in [-0.4, -0.2) is 5.11 Å². The summed E-state index contributed by atoms with van der Waals surface area (Å²) in [6.45, 7) is 0. The molecule has 0 radical (unpaired) electrons. The highest BCUT2D eigenvalue weighted by Gasteiger charge is 2.03. The molecule has 0 fully saturated rings. The number of phenolic OH excluding ortho intramolecular Hbond substituents is 1. The van der Waals surface area contributed by atoms with E-state index in [-0.39, 0.29) is 5.75 Å². The van der Waals surface area contributed by atoms with E-state index in [4.69, 9.17) is 14.2 Å². The Labute approximate surface area is 99.4 Å². The molecular weight excluding hydrogens is 239 g/mol. The Bertz CT molecular complexity index is 496. The third-order valence-corrected chi connectivity index (χ3v) is 2.79. The van der Waals surface area contributed by atoms with Gasteiger partial charge in [-0.2, -0.15) is 0 Å². The van der Waals surface area contributed by atoms with Gasteiger partial charge in [-0.3, -0.25) is 0 Å². The van der Waals surface area contributed by atoms with Gasteiger partial charge in [-0.1, -0.05) is 18.2 Å². The van der Waals surface area contributed by atoms with Crippen molar-refractivity contribution in [2.75, 3.05) is 0 Å². The van der Waals surface area contributed by atoms with Crippen molar-refractivity contribution in [3.05, 3.63) is 54.6 Å². The Morgan fingerprint density at radius 3 is 1.94 bits per heavy atom. The Morgan fingerprint density at radius 2 is 1.35 bits per heavy atom. The fourth-order valence-corrected chi connectivity index (χ4v) is 1.91. The lowest BCUT2D eigenvalue weighted by Crippen LogP contribution is -1.88. The monoisotopic (exact) mass is 250 g/mol. The van der Waals surface area contributed by atoms with Gasteiger partial charge in [0.15, 0.2) is 0 Å². The van der Waals surface area contributed by atoms with E-state index in [1.807, 2.05) is 6.07 Å². The maximum atomic E-state index is 11.5. The summed E-state index contributed by atoms with van der Waals surface area (Å²) in [5, 5.41) is 9.07. The quantitative estimate of drug-likeness (QED) is 0.846. The molecule has 0 aromatic heterocycles. The lowest BCUT2D eigenvalue weighted by atomic mass is 10.3. The van der Waals surface area contributed by atoms with Crippen molar-refractivity contribution in [2.45, 2.75) is 0 Å². The van der Waals surface area contributed by atoms with Crippen LogP contribution in [0, 0.1) is 0 Å². The Balaban J connectivity index is 1.96. The SMILES string of the molecule is O=[PH](Oc1ccccc1)Oc1ccc(O)cc1. The molecule has 0 aliphatic carbocycles. The van der Waals surface area contributed by atoms with Crippen LogP contribution in [0.3, 0.4) is 0 Å². The van der Waals surface area contributed by atoms with Crippen LogP contribution in [0.25, 0.3) is 0 Å². The molecule has 0 amide bonds. The van der Waals surface area contributed by atoms with E-state index in [1.54, 1.807) is 24.3 Å². The summed E-state index contributed by atoms with van der Waals surface area (Å²) in [5.41, 5.74) is 0. The minimum Gasteiger partial charge on any atom is -0.508 e. The molecule has 1 unspecified atom stereocenters. The molecular formula is C12H11O4P. The third kappa shape index (κ3) is 3.54. The highest BCUT2D eigenvalue weighted by atomic mass is 31.1. The van der Waals surface area contributed by atoms with Gasteiger partial charge in [0, 0.05) is 0 Å². The first-order chi connectivity index (χ1) is 8.24. The number of phenols is 1. The van der Waals surface area contributed by atoms with E-state index in [2.05, 4.69) is 0 Å². The molecule has 2 aromatic carbocycles. The fourth-order valence-electron chi connectivity index (χ4n) is 1.22. The summed E-state index contributed by atoms with van der Waals surface area (Å²) in [5.74, 6) is 1.01. The van der Waals surface area contributed by atoms with Crippen LogP contribution in [-0.2, 0) is 4.57 Å². The Morgan fingerprint density at radius 1 is 0.824 bits per heavy atom. The molecule has 2 rings (SSSR count). The minimum absolute atomic E-state index is 0.126. The zero-order chi connectivity index (χ0) is 12.1. The van der Waals surface area contributed by atoms with E-state index in [0.29, 0.717) is 11.5 Å². The highest BCUT2D eigenvalue weighted by Crippen LogP contribution is 2.30. The lowest BCUT2D eigenvalue weighted by Gasteiger charge is -2.07. The number of benzene rings is 2. The second kappa shape index (κ2) is 5.41. The highest BCUT2D eigenvalue weighted by molar-refractivity contribution is 7.34. The fraction of sp³-hybridized carbons (Fsp3) is 0. The molecule has 1 atom stereocenters. The van der Waals surface area contributed by atoms with Crippen molar-refractivity contribution in [2.24, 2.45) is 0 Å². The summed E-state index contributed by atoms with van der Waals surface area (Å²) < 4.78 is 21.7. The average Bonchev–Trinajstić information content (AvgIpc) is 2.33. The first-order valence-corrected chi connectivity index (χ1v) is 6.20.